The number of aliphatic hydroxyl groups is 2. The van der Waals surface area contributed by atoms with Gasteiger partial charge in [0.2, 0.25) is 0 Å². The van der Waals surface area contributed by atoms with Crippen LogP contribution in [0.25, 0.3) is 0 Å². The molecule has 0 aromatic carbocycles. The number of quaternary nitrogens is 1. The van der Waals surface area contributed by atoms with E-state index in [0.29, 0.717) is 6.54 Å². The molecule has 0 bridgehead atoms. The van der Waals surface area contributed by atoms with E-state index in [9.17, 15) is 0 Å². The van der Waals surface area contributed by atoms with Gasteiger partial charge in [-0.2, -0.15) is 0 Å². The molecule has 0 aliphatic rings. The molecule has 0 aliphatic heterocycles. The number of hydrogen-bond acceptors (Lipinski definition) is 2. The van der Waals surface area contributed by atoms with Gasteiger partial charge < -0.3 is 14.7 Å². The lowest BCUT2D eigenvalue weighted by molar-refractivity contribution is -0.891. The quantitative estimate of drug-likeness (QED) is 0.524. The van der Waals surface area contributed by atoms with Gasteiger partial charge in [0, 0.05) is 0 Å². The molecule has 2 N–H and O–H groups in total. The summed E-state index contributed by atoms with van der Waals surface area (Å²) in [5.74, 6) is 0. The minimum Gasteiger partial charge on any atom is -0.393 e. The molecule has 62 valence electrons. The van der Waals surface area contributed by atoms with Crippen LogP contribution in [0.5, 0.6) is 0 Å². The van der Waals surface area contributed by atoms with Crippen molar-refractivity contribution in [3.63, 3.8) is 0 Å². The molecule has 0 amide bonds. The molecule has 0 saturated heterocycles. The molecule has 10 heavy (non-hydrogen) atoms. The van der Waals surface area contributed by atoms with Crippen molar-refractivity contribution in [2.75, 3.05) is 33.8 Å². The first-order chi connectivity index (χ1) is 4.52. The topological polar surface area (TPSA) is 40.5 Å². The van der Waals surface area contributed by atoms with Gasteiger partial charge in [-0.3, -0.25) is 0 Å². The Hall–Kier alpha value is -0.120. The summed E-state index contributed by atoms with van der Waals surface area (Å²) in [4.78, 5) is 0. The molecular formula is C7H18NO2+. The van der Waals surface area contributed by atoms with E-state index in [0.717, 1.165) is 11.0 Å². The summed E-state index contributed by atoms with van der Waals surface area (Å²) >= 11 is 0. The van der Waals surface area contributed by atoms with E-state index in [2.05, 4.69) is 6.92 Å². The summed E-state index contributed by atoms with van der Waals surface area (Å²) in [7, 11) is 4.05. The average Bonchev–Trinajstić information content (AvgIpc) is 1.87. The minimum absolute atomic E-state index is 0.137. The van der Waals surface area contributed by atoms with Gasteiger partial charge in [-0.15, -0.1) is 0 Å². The highest BCUT2D eigenvalue weighted by atomic mass is 16.3. The Morgan fingerprint density at radius 3 is 2.20 bits per heavy atom. The molecule has 0 fully saturated rings. The first-order valence-corrected chi connectivity index (χ1v) is 3.62. The van der Waals surface area contributed by atoms with Crippen molar-refractivity contribution in [2.24, 2.45) is 0 Å². The van der Waals surface area contributed by atoms with Crippen LogP contribution in [0.3, 0.4) is 0 Å². The largest absolute Gasteiger partial charge is 0.393 e. The number of likely N-dealkylation sites (N-methyl/N-ethyl adjacent to an activating group) is 1. The third-order valence-corrected chi connectivity index (χ3v) is 1.77. The maximum atomic E-state index is 9.06. The second-order valence-electron chi connectivity index (χ2n) is 3.27. The van der Waals surface area contributed by atoms with E-state index in [1.165, 1.54) is 0 Å². The zero-order valence-electron chi connectivity index (χ0n) is 7.04. The van der Waals surface area contributed by atoms with Crippen LogP contribution >= 0.6 is 0 Å². The van der Waals surface area contributed by atoms with Crippen LogP contribution in [0.1, 0.15) is 6.92 Å². The first kappa shape index (κ1) is 9.88. The molecule has 0 saturated carbocycles. The Morgan fingerprint density at radius 2 is 1.90 bits per heavy atom. The van der Waals surface area contributed by atoms with Gasteiger partial charge in [0.1, 0.15) is 12.6 Å². The summed E-state index contributed by atoms with van der Waals surface area (Å²) in [5.41, 5.74) is 0. The summed E-state index contributed by atoms with van der Waals surface area (Å²) in [6.45, 7) is 3.51. The van der Waals surface area contributed by atoms with Gasteiger partial charge >= 0.3 is 0 Å². The molecule has 0 aliphatic carbocycles. The van der Waals surface area contributed by atoms with Gasteiger partial charge in [-0.1, -0.05) is 0 Å². The van der Waals surface area contributed by atoms with Crippen LogP contribution in [0, 0.1) is 0 Å². The van der Waals surface area contributed by atoms with E-state index < -0.39 is 6.10 Å². The number of nitrogens with zero attached hydrogens (tertiary/aromatic N) is 1. The predicted octanol–water partition coefficient (Wildman–Crippen LogP) is -0.564. The Labute approximate surface area is 62.5 Å². The number of aliphatic hydroxyl groups excluding tert-OH is 2. The van der Waals surface area contributed by atoms with E-state index in [1.54, 1.807) is 0 Å². The molecular weight excluding hydrogens is 130 g/mol. The van der Waals surface area contributed by atoms with Crippen molar-refractivity contribution in [2.45, 2.75) is 13.0 Å². The van der Waals surface area contributed by atoms with E-state index in [4.69, 9.17) is 10.2 Å². The lowest BCUT2D eigenvalue weighted by atomic mass is 10.3. The van der Waals surface area contributed by atoms with Crippen molar-refractivity contribution >= 4 is 0 Å². The molecule has 0 aromatic rings. The fraction of sp³-hybridized carbons (Fsp3) is 1.00. The van der Waals surface area contributed by atoms with Crippen LogP contribution in [0.2, 0.25) is 0 Å². The maximum Gasteiger partial charge on any atom is 0.126 e. The summed E-state index contributed by atoms with van der Waals surface area (Å²) in [5, 5.41) is 17.6. The average molecular weight is 148 g/mol. The molecule has 1 unspecified atom stereocenters. The highest BCUT2D eigenvalue weighted by Crippen LogP contribution is 1.97. The van der Waals surface area contributed by atoms with E-state index in [1.807, 2.05) is 14.1 Å². The molecule has 0 heterocycles. The van der Waals surface area contributed by atoms with Crippen LogP contribution in [0.15, 0.2) is 0 Å². The molecule has 1 atom stereocenters. The van der Waals surface area contributed by atoms with Crippen molar-refractivity contribution < 1.29 is 14.7 Å². The van der Waals surface area contributed by atoms with Gasteiger partial charge in [0.05, 0.1) is 27.2 Å². The standard InChI is InChI=1S/C7H18NO2/c1-4-8(2,3)5-7(10)6-9/h7,9-10H,4-6H2,1-3H3/q+1. The number of hydrogen-bond donors (Lipinski definition) is 2. The lowest BCUT2D eigenvalue weighted by Gasteiger charge is -2.29. The van der Waals surface area contributed by atoms with E-state index >= 15 is 0 Å². The summed E-state index contributed by atoms with van der Waals surface area (Å²) < 4.78 is 0.752. The van der Waals surface area contributed by atoms with Crippen molar-refractivity contribution in [3.8, 4) is 0 Å². The Kier molecular flexibility index (Phi) is 3.86. The molecule has 3 nitrogen and oxygen atoms in total. The monoisotopic (exact) mass is 148 g/mol. The normalized spacial score (nSPS) is 15.3. The smallest absolute Gasteiger partial charge is 0.126 e. The number of rotatable bonds is 4. The van der Waals surface area contributed by atoms with E-state index in [-0.39, 0.29) is 6.61 Å². The van der Waals surface area contributed by atoms with Gasteiger partial charge in [0.15, 0.2) is 0 Å². The van der Waals surface area contributed by atoms with Gasteiger partial charge in [-0.25, -0.2) is 0 Å². The third kappa shape index (κ3) is 3.82. The second-order valence-corrected chi connectivity index (χ2v) is 3.27. The summed E-state index contributed by atoms with van der Waals surface area (Å²) in [6.07, 6.45) is -0.574. The first-order valence-electron chi connectivity index (χ1n) is 3.62. The summed E-state index contributed by atoms with van der Waals surface area (Å²) in [6, 6.07) is 0. The highest BCUT2D eigenvalue weighted by molar-refractivity contribution is 4.48. The highest BCUT2D eigenvalue weighted by Gasteiger charge is 2.16. The molecule has 0 aromatic heterocycles. The molecule has 3 heteroatoms. The second kappa shape index (κ2) is 3.91. The van der Waals surface area contributed by atoms with Crippen LogP contribution in [-0.4, -0.2) is 54.6 Å². The molecule has 0 rings (SSSR count). The fourth-order valence-corrected chi connectivity index (χ4v) is 0.757. The third-order valence-electron chi connectivity index (χ3n) is 1.77. The zero-order valence-corrected chi connectivity index (χ0v) is 7.04. The van der Waals surface area contributed by atoms with Crippen molar-refractivity contribution in [3.05, 3.63) is 0 Å². The lowest BCUT2D eigenvalue weighted by Crippen LogP contribution is -2.46. The van der Waals surface area contributed by atoms with Crippen LogP contribution in [0.4, 0.5) is 0 Å². The van der Waals surface area contributed by atoms with Crippen molar-refractivity contribution in [1.82, 2.24) is 0 Å². The van der Waals surface area contributed by atoms with Gasteiger partial charge in [0.25, 0.3) is 0 Å². The fourth-order valence-electron chi connectivity index (χ4n) is 0.757. The Balaban J connectivity index is 3.64. The minimum atomic E-state index is -0.574. The van der Waals surface area contributed by atoms with Crippen LogP contribution < -0.4 is 0 Å². The van der Waals surface area contributed by atoms with Gasteiger partial charge in [-0.05, 0) is 6.92 Å². The Bertz CT molecular complexity index is 93.6. The maximum absolute atomic E-state index is 9.06. The van der Waals surface area contributed by atoms with Crippen LogP contribution in [-0.2, 0) is 0 Å². The molecule has 0 radical (unpaired) electrons. The Morgan fingerprint density at radius 1 is 1.40 bits per heavy atom. The SMILES string of the molecule is CC[N+](C)(C)CC(O)CO. The van der Waals surface area contributed by atoms with Crippen molar-refractivity contribution in [1.29, 1.82) is 0 Å². The molecule has 0 spiro atoms. The predicted molar refractivity (Wildman–Crippen MR) is 40.6 cm³/mol. The zero-order chi connectivity index (χ0) is 8.20.